The summed E-state index contributed by atoms with van der Waals surface area (Å²) in [6, 6.07) is 0. The van der Waals surface area contributed by atoms with E-state index in [0.29, 0.717) is 58.7 Å². The van der Waals surface area contributed by atoms with E-state index in [1.54, 1.807) is 17.4 Å². The van der Waals surface area contributed by atoms with Gasteiger partial charge in [-0.15, -0.1) is 0 Å². The molecule has 0 bridgehead atoms. The van der Waals surface area contributed by atoms with Crippen LogP contribution in [-0.4, -0.2) is 94.8 Å². The number of aromatic amines is 1. The van der Waals surface area contributed by atoms with E-state index in [1.165, 1.54) is 0 Å². The number of hydrogen-bond donors (Lipinski definition) is 4. The molecule has 236 valence electrons. The number of piperazine rings is 1. The lowest BCUT2D eigenvalue weighted by molar-refractivity contribution is -0.137. The number of morpholine rings is 1. The SMILES string of the molecule is CC(C)(C)CC(=O)N1CCNC(O)C1.CC(C)(C)CC(=O)N1CCOCC1.CC(C)(C)CC(=O)NCc1cnc[nH]1. The highest BCUT2D eigenvalue weighted by Gasteiger charge is 2.25. The lowest BCUT2D eigenvalue weighted by Gasteiger charge is -2.32. The Balaban J connectivity index is 0.000000308. The predicted molar refractivity (Wildman–Crippen MR) is 161 cm³/mol. The van der Waals surface area contributed by atoms with Gasteiger partial charge in [-0.2, -0.15) is 0 Å². The lowest BCUT2D eigenvalue weighted by Crippen LogP contribution is -2.52. The van der Waals surface area contributed by atoms with Crippen LogP contribution in [-0.2, 0) is 25.7 Å². The van der Waals surface area contributed by atoms with Gasteiger partial charge >= 0.3 is 0 Å². The van der Waals surface area contributed by atoms with E-state index in [4.69, 9.17) is 4.74 Å². The van der Waals surface area contributed by atoms with Crippen LogP contribution in [0.3, 0.4) is 0 Å². The van der Waals surface area contributed by atoms with Crippen molar-refractivity contribution in [1.82, 2.24) is 30.4 Å². The first-order valence-corrected chi connectivity index (χ1v) is 14.6. The summed E-state index contributed by atoms with van der Waals surface area (Å²) in [5.74, 6) is 0.473. The lowest BCUT2D eigenvalue weighted by atomic mass is 9.91. The van der Waals surface area contributed by atoms with Crippen LogP contribution in [0, 0.1) is 16.2 Å². The van der Waals surface area contributed by atoms with Crippen molar-refractivity contribution in [3.8, 4) is 0 Å². The first-order valence-electron chi connectivity index (χ1n) is 14.6. The molecule has 0 spiro atoms. The molecule has 0 saturated carbocycles. The largest absolute Gasteiger partial charge is 0.378 e. The van der Waals surface area contributed by atoms with Gasteiger partial charge in [0.05, 0.1) is 38.3 Å². The molecular formula is C30H56N6O5. The third-order valence-electron chi connectivity index (χ3n) is 5.96. The molecule has 11 heteroatoms. The molecule has 41 heavy (non-hydrogen) atoms. The van der Waals surface area contributed by atoms with Crippen molar-refractivity contribution >= 4 is 17.7 Å². The van der Waals surface area contributed by atoms with Crippen molar-refractivity contribution in [3.05, 3.63) is 18.2 Å². The third-order valence-corrected chi connectivity index (χ3v) is 5.96. The van der Waals surface area contributed by atoms with Crippen molar-refractivity contribution in [2.75, 3.05) is 45.9 Å². The molecule has 3 rings (SSSR count). The van der Waals surface area contributed by atoms with Crippen LogP contribution in [0.15, 0.2) is 12.5 Å². The Bertz CT molecular complexity index is 909. The highest BCUT2D eigenvalue weighted by atomic mass is 16.5. The molecule has 3 amide bonds. The monoisotopic (exact) mass is 580 g/mol. The van der Waals surface area contributed by atoms with Crippen molar-refractivity contribution in [2.24, 2.45) is 16.2 Å². The number of imidazole rings is 1. The minimum atomic E-state index is -0.562. The molecule has 2 fully saturated rings. The minimum absolute atomic E-state index is 0.0207. The van der Waals surface area contributed by atoms with Crippen molar-refractivity contribution < 1.29 is 24.2 Å². The molecule has 3 heterocycles. The maximum atomic E-state index is 11.7. The normalized spacial score (nSPS) is 18.0. The van der Waals surface area contributed by atoms with Crippen molar-refractivity contribution in [1.29, 1.82) is 0 Å². The Hall–Kier alpha value is -2.50. The van der Waals surface area contributed by atoms with Gasteiger partial charge in [-0.1, -0.05) is 62.3 Å². The highest BCUT2D eigenvalue weighted by molar-refractivity contribution is 5.77. The fraction of sp³-hybridized carbons (Fsp3) is 0.800. The number of β-amino-alcohol motifs (C(OH)–C–C–N with tert-alkyl or cyclic N) is 1. The van der Waals surface area contributed by atoms with Crippen LogP contribution < -0.4 is 10.6 Å². The fourth-order valence-corrected chi connectivity index (χ4v) is 4.02. The Labute approximate surface area is 247 Å². The van der Waals surface area contributed by atoms with Crippen molar-refractivity contribution in [2.45, 2.75) is 94.3 Å². The summed E-state index contributed by atoms with van der Waals surface area (Å²) in [5.41, 5.74) is 1.08. The summed E-state index contributed by atoms with van der Waals surface area (Å²) >= 11 is 0. The summed E-state index contributed by atoms with van der Waals surface area (Å²) in [6.07, 6.45) is 4.46. The number of ether oxygens (including phenoxy) is 1. The quantitative estimate of drug-likeness (QED) is 0.420. The summed E-state index contributed by atoms with van der Waals surface area (Å²) < 4.78 is 5.19. The first kappa shape index (κ1) is 36.5. The Kier molecular flexibility index (Phi) is 15.0. The Morgan fingerprint density at radius 3 is 1.90 bits per heavy atom. The number of aliphatic hydroxyl groups excluding tert-OH is 1. The average molecular weight is 581 g/mol. The van der Waals surface area contributed by atoms with Gasteiger partial charge in [0.1, 0.15) is 6.23 Å². The zero-order chi connectivity index (χ0) is 31.3. The number of carbonyl (C=O) groups is 3. The number of nitrogens with zero attached hydrogens (tertiary/aromatic N) is 3. The Morgan fingerprint density at radius 2 is 1.44 bits per heavy atom. The van der Waals surface area contributed by atoms with E-state index >= 15 is 0 Å². The summed E-state index contributed by atoms with van der Waals surface area (Å²) in [5, 5.41) is 15.0. The van der Waals surface area contributed by atoms with Gasteiger partial charge in [0.15, 0.2) is 0 Å². The second kappa shape index (κ2) is 16.8. The zero-order valence-corrected chi connectivity index (χ0v) is 26.9. The van der Waals surface area contributed by atoms with Gasteiger partial charge in [0.25, 0.3) is 0 Å². The number of amides is 3. The van der Waals surface area contributed by atoms with Gasteiger partial charge in [0, 0.05) is 51.6 Å². The maximum absolute atomic E-state index is 11.7. The fourth-order valence-electron chi connectivity index (χ4n) is 4.02. The van der Waals surface area contributed by atoms with Crippen molar-refractivity contribution in [3.63, 3.8) is 0 Å². The molecule has 4 N–H and O–H groups in total. The Morgan fingerprint density at radius 1 is 0.902 bits per heavy atom. The topological polar surface area (TPSA) is 140 Å². The first-order chi connectivity index (χ1) is 18.8. The number of aromatic nitrogens is 2. The molecule has 1 aromatic heterocycles. The highest BCUT2D eigenvalue weighted by Crippen LogP contribution is 2.21. The smallest absolute Gasteiger partial charge is 0.223 e. The van der Waals surface area contributed by atoms with E-state index in [1.807, 2.05) is 46.4 Å². The molecule has 0 radical (unpaired) electrons. The maximum Gasteiger partial charge on any atom is 0.223 e. The molecule has 2 saturated heterocycles. The molecule has 0 aromatic carbocycles. The number of rotatable bonds is 5. The second-order valence-electron chi connectivity index (χ2n) is 14.4. The summed E-state index contributed by atoms with van der Waals surface area (Å²) in [4.78, 5) is 45.3. The third kappa shape index (κ3) is 18.5. The van der Waals surface area contributed by atoms with Crippen LogP contribution in [0.2, 0.25) is 0 Å². The van der Waals surface area contributed by atoms with Gasteiger partial charge in [0.2, 0.25) is 17.7 Å². The molecular weight excluding hydrogens is 524 g/mol. The second-order valence-corrected chi connectivity index (χ2v) is 14.4. The van der Waals surface area contributed by atoms with E-state index in [9.17, 15) is 19.5 Å². The molecule has 1 atom stereocenters. The summed E-state index contributed by atoms with van der Waals surface area (Å²) in [6.45, 7) is 23.7. The van der Waals surface area contributed by atoms with Crippen LogP contribution in [0.1, 0.15) is 87.3 Å². The van der Waals surface area contributed by atoms with Crippen LogP contribution in [0.25, 0.3) is 0 Å². The standard InChI is InChI=1S/C10H17N3O.C10H20N2O2.C10H19NO2/c1-10(2,3)4-9(14)12-6-8-5-11-7-13-8;1-10(2,3)6-9(14)12-5-4-11-8(13)7-12;1-10(2,3)8-9(12)11-4-6-13-7-5-11/h5,7H,4,6H2,1-3H3,(H,11,13)(H,12,14);8,11,13H,4-7H2,1-3H3;4-8H2,1-3H3. The number of hydrogen-bond acceptors (Lipinski definition) is 7. The van der Waals surface area contributed by atoms with Crippen LogP contribution in [0.4, 0.5) is 0 Å². The van der Waals surface area contributed by atoms with Crippen LogP contribution in [0.5, 0.6) is 0 Å². The van der Waals surface area contributed by atoms with Gasteiger partial charge in [-0.25, -0.2) is 4.98 Å². The zero-order valence-electron chi connectivity index (χ0n) is 26.9. The molecule has 2 aliphatic heterocycles. The summed E-state index contributed by atoms with van der Waals surface area (Å²) in [7, 11) is 0. The number of nitrogens with one attached hydrogen (secondary N) is 3. The number of carbonyl (C=O) groups excluding carboxylic acids is 3. The number of aliphatic hydroxyl groups is 1. The van der Waals surface area contributed by atoms with Gasteiger partial charge in [-0.3, -0.25) is 19.7 Å². The molecule has 2 aliphatic rings. The molecule has 1 unspecified atom stereocenters. The van der Waals surface area contributed by atoms with E-state index < -0.39 is 6.23 Å². The van der Waals surface area contributed by atoms with Gasteiger partial charge in [-0.05, 0) is 16.2 Å². The van der Waals surface area contributed by atoms with E-state index in [0.717, 1.165) is 18.8 Å². The molecule has 0 aliphatic carbocycles. The van der Waals surface area contributed by atoms with Gasteiger partial charge < -0.3 is 29.9 Å². The molecule has 11 nitrogen and oxygen atoms in total. The predicted octanol–water partition coefficient (Wildman–Crippen LogP) is 2.92. The number of H-pyrrole nitrogens is 1. The van der Waals surface area contributed by atoms with E-state index in [-0.39, 0.29) is 34.0 Å². The van der Waals surface area contributed by atoms with E-state index in [2.05, 4.69) is 41.4 Å². The van der Waals surface area contributed by atoms with Crippen LogP contribution >= 0.6 is 0 Å². The average Bonchev–Trinajstić information content (AvgIpc) is 3.35. The minimum Gasteiger partial charge on any atom is -0.378 e. The molecule has 1 aromatic rings.